The summed E-state index contributed by atoms with van der Waals surface area (Å²) in [4.78, 5) is 13.7. The fourth-order valence-electron chi connectivity index (χ4n) is 2.68. The smallest absolute Gasteiger partial charge is 0.410 e. The number of piperidine rings is 1. The molecule has 0 bridgehead atoms. The number of nitriles is 1. The summed E-state index contributed by atoms with van der Waals surface area (Å²) in [6, 6.07) is 2.32. The minimum absolute atomic E-state index is 0.319. The highest BCUT2D eigenvalue weighted by Gasteiger charge is 2.40. The van der Waals surface area contributed by atoms with E-state index < -0.39 is 17.1 Å². The number of rotatable bonds is 4. The first kappa shape index (κ1) is 17.7. The van der Waals surface area contributed by atoms with Gasteiger partial charge in [0.25, 0.3) is 0 Å². The molecule has 1 heterocycles. The quantitative estimate of drug-likeness (QED) is 0.821. The van der Waals surface area contributed by atoms with Crippen molar-refractivity contribution in [1.82, 2.24) is 10.2 Å². The van der Waals surface area contributed by atoms with Gasteiger partial charge in [-0.1, -0.05) is 0 Å². The van der Waals surface area contributed by atoms with Crippen LogP contribution in [0.2, 0.25) is 0 Å². The van der Waals surface area contributed by atoms with Gasteiger partial charge >= 0.3 is 6.09 Å². The van der Waals surface area contributed by atoms with Crippen LogP contribution >= 0.6 is 0 Å². The number of hydrogen-bond donors (Lipinski definition) is 2. The predicted octanol–water partition coefficient (Wildman–Crippen LogP) is 1.50. The number of aliphatic hydroxyl groups is 1. The first-order chi connectivity index (χ1) is 9.71. The van der Waals surface area contributed by atoms with Crippen molar-refractivity contribution in [2.75, 3.05) is 26.7 Å². The number of likely N-dealkylation sites (N-methyl/N-ethyl adjacent to an activating group) is 1. The Morgan fingerprint density at radius 1 is 1.57 bits per heavy atom. The summed E-state index contributed by atoms with van der Waals surface area (Å²) in [7, 11) is 1.76. The van der Waals surface area contributed by atoms with Crippen LogP contribution < -0.4 is 5.32 Å². The van der Waals surface area contributed by atoms with E-state index in [2.05, 4.69) is 11.4 Å². The first-order valence-electron chi connectivity index (χ1n) is 7.43. The van der Waals surface area contributed by atoms with E-state index in [9.17, 15) is 15.2 Å². The van der Waals surface area contributed by atoms with Crippen LogP contribution in [0.25, 0.3) is 0 Å². The average molecular weight is 297 g/mol. The summed E-state index contributed by atoms with van der Waals surface area (Å²) < 4.78 is 5.37. The number of likely N-dealkylation sites (tertiary alicyclic amines) is 1. The lowest BCUT2D eigenvalue weighted by Crippen LogP contribution is -2.48. The van der Waals surface area contributed by atoms with E-state index in [-0.39, 0.29) is 6.09 Å². The monoisotopic (exact) mass is 297 g/mol. The minimum Gasteiger partial charge on any atom is -0.444 e. The Morgan fingerprint density at radius 3 is 2.76 bits per heavy atom. The van der Waals surface area contributed by atoms with E-state index in [1.807, 2.05) is 20.8 Å². The van der Waals surface area contributed by atoms with Crippen molar-refractivity contribution in [3.63, 3.8) is 0 Å². The second-order valence-corrected chi connectivity index (χ2v) is 6.81. The van der Waals surface area contributed by atoms with Crippen LogP contribution in [0.5, 0.6) is 0 Å². The molecule has 0 aliphatic carbocycles. The Morgan fingerprint density at radius 2 is 2.24 bits per heavy atom. The molecule has 2 atom stereocenters. The number of nitrogens with zero attached hydrogens (tertiary/aromatic N) is 2. The number of aliphatic hydroxyl groups excluding tert-OH is 1. The number of nitrogens with one attached hydrogen (secondary N) is 1. The Hall–Kier alpha value is -1.32. The summed E-state index contributed by atoms with van der Waals surface area (Å²) >= 11 is 0. The molecule has 1 aliphatic heterocycles. The van der Waals surface area contributed by atoms with Crippen LogP contribution in [0, 0.1) is 16.7 Å². The molecule has 1 aliphatic rings. The molecule has 0 saturated carbocycles. The zero-order chi connectivity index (χ0) is 16.1. The van der Waals surface area contributed by atoms with E-state index in [0.29, 0.717) is 32.5 Å². The van der Waals surface area contributed by atoms with Crippen molar-refractivity contribution in [2.24, 2.45) is 5.41 Å². The lowest BCUT2D eigenvalue weighted by Gasteiger charge is -2.39. The summed E-state index contributed by atoms with van der Waals surface area (Å²) in [5, 5.41) is 22.4. The number of ether oxygens (including phenoxy) is 1. The van der Waals surface area contributed by atoms with Gasteiger partial charge in [-0.2, -0.15) is 5.26 Å². The maximum absolute atomic E-state index is 12.1. The molecule has 120 valence electrons. The van der Waals surface area contributed by atoms with Gasteiger partial charge in [0.05, 0.1) is 17.6 Å². The molecule has 0 aromatic rings. The van der Waals surface area contributed by atoms with Gasteiger partial charge in [-0.25, -0.2) is 4.79 Å². The summed E-state index contributed by atoms with van der Waals surface area (Å²) in [5.41, 5.74) is -1.24. The maximum Gasteiger partial charge on any atom is 0.410 e. The van der Waals surface area contributed by atoms with Gasteiger partial charge in [-0.15, -0.1) is 0 Å². The predicted molar refractivity (Wildman–Crippen MR) is 79.6 cm³/mol. The fourth-order valence-corrected chi connectivity index (χ4v) is 2.68. The summed E-state index contributed by atoms with van der Waals surface area (Å²) in [6.07, 6.45) is 0.838. The Bertz CT molecular complexity index is 400. The zero-order valence-corrected chi connectivity index (χ0v) is 13.5. The lowest BCUT2D eigenvalue weighted by atomic mass is 9.77. The van der Waals surface area contributed by atoms with Crippen LogP contribution in [0.3, 0.4) is 0 Å². The number of carbonyl (C=O) groups excluding carboxylic acids is 1. The van der Waals surface area contributed by atoms with Crippen LogP contribution in [0.1, 0.15) is 40.0 Å². The molecular weight excluding hydrogens is 270 g/mol. The third-order valence-electron chi connectivity index (χ3n) is 3.53. The standard InChI is InChI=1S/C15H27N3O3/c1-14(2,3)21-13(20)18-7-5-6-15(10-16,11-18)8-12(19)9-17-4/h12,17,19H,5-9,11H2,1-4H3/t12-,15-/m1/s1. The van der Waals surface area contributed by atoms with Crippen molar-refractivity contribution in [3.8, 4) is 6.07 Å². The van der Waals surface area contributed by atoms with Gasteiger partial charge in [0.2, 0.25) is 0 Å². The molecule has 1 fully saturated rings. The molecule has 0 spiro atoms. The molecule has 1 amide bonds. The third-order valence-corrected chi connectivity index (χ3v) is 3.53. The molecule has 2 N–H and O–H groups in total. The molecule has 0 aromatic carbocycles. The highest BCUT2D eigenvalue weighted by molar-refractivity contribution is 5.68. The van der Waals surface area contributed by atoms with Crippen LogP contribution in [0.4, 0.5) is 4.79 Å². The van der Waals surface area contributed by atoms with Crippen molar-refractivity contribution in [1.29, 1.82) is 5.26 Å². The van der Waals surface area contributed by atoms with Crippen LogP contribution in [-0.2, 0) is 4.74 Å². The highest BCUT2D eigenvalue weighted by atomic mass is 16.6. The Labute approximate surface area is 127 Å². The summed E-state index contributed by atoms with van der Waals surface area (Å²) in [5.74, 6) is 0. The van der Waals surface area contributed by atoms with E-state index in [1.54, 1.807) is 11.9 Å². The zero-order valence-electron chi connectivity index (χ0n) is 13.5. The molecule has 0 radical (unpaired) electrons. The van der Waals surface area contributed by atoms with Gasteiger partial charge in [-0.05, 0) is 47.1 Å². The Balaban J connectivity index is 2.72. The number of carbonyl (C=O) groups is 1. The second kappa shape index (κ2) is 7.10. The van der Waals surface area contributed by atoms with E-state index in [0.717, 1.165) is 6.42 Å². The van der Waals surface area contributed by atoms with Crippen molar-refractivity contribution >= 4 is 6.09 Å². The van der Waals surface area contributed by atoms with E-state index >= 15 is 0 Å². The first-order valence-corrected chi connectivity index (χ1v) is 7.43. The highest BCUT2D eigenvalue weighted by Crippen LogP contribution is 2.34. The normalized spacial score (nSPS) is 24.3. The summed E-state index contributed by atoms with van der Waals surface area (Å²) in [6.45, 7) is 6.82. The Kier molecular flexibility index (Phi) is 5.99. The largest absolute Gasteiger partial charge is 0.444 e. The van der Waals surface area contributed by atoms with Gasteiger partial charge in [-0.3, -0.25) is 0 Å². The number of hydrogen-bond acceptors (Lipinski definition) is 5. The van der Waals surface area contributed by atoms with Crippen molar-refractivity contribution < 1.29 is 14.6 Å². The van der Waals surface area contributed by atoms with E-state index in [4.69, 9.17) is 4.74 Å². The van der Waals surface area contributed by atoms with E-state index in [1.165, 1.54) is 0 Å². The molecule has 21 heavy (non-hydrogen) atoms. The van der Waals surface area contributed by atoms with Crippen molar-refractivity contribution in [3.05, 3.63) is 0 Å². The molecule has 6 heteroatoms. The molecule has 0 unspecified atom stereocenters. The minimum atomic E-state index is -0.689. The van der Waals surface area contributed by atoms with Gasteiger partial charge in [0.1, 0.15) is 5.60 Å². The van der Waals surface area contributed by atoms with Crippen LogP contribution in [0.15, 0.2) is 0 Å². The second-order valence-electron chi connectivity index (χ2n) is 6.81. The van der Waals surface area contributed by atoms with Crippen molar-refractivity contribution in [2.45, 2.75) is 51.7 Å². The third kappa shape index (κ3) is 5.52. The molecule has 0 aromatic heterocycles. The maximum atomic E-state index is 12.1. The topological polar surface area (TPSA) is 85.6 Å². The van der Waals surface area contributed by atoms with Crippen LogP contribution in [-0.4, -0.2) is 54.5 Å². The average Bonchev–Trinajstić information content (AvgIpc) is 2.37. The van der Waals surface area contributed by atoms with Gasteiger partial charge < -0.3 is 20.1 Å². The fraction of sp³-hybridized carbons (Fsp3) is 0.867. The molecule has 6 nitrogen and oxygen atoms in total. The SMILES string of the molecule is CNC[C@H](O)C[C@@]1(C#N)CCCN(C(=O)OC(C)(C)C)C1. The van der Waals surface area contributed by atoms with Gasteiger partial charge in [0, 0.05) is 19.6 Å². The molecular formula is C15H27N3O3. The molecule has 1 saturated heterocycles. The lowest BCUT2D eigenvalue weighted by molar-refractivity contribution is 0.00423. The van der Waals surface area contributed by atoms with Gasteiger partial charge in [0.15, 0.2) is 0 Å². The number of amides is 1. The molecule has 1 rings (SSSR count).